The van der Waals surface area contributed by atoms with Crippen molar-refractivity contribution in [3.63, 3.8) is 0 Å². The molecule has 0 saturated heterocycles. The van der Waals surface area contributed by atoms with E-state index in [1.54, 1.807) is 0 Å². The van der Waals surface area contributed by atoms with E-state index in [-0.39, 0.29) is 5.75 Å². The Bertz CT molecular complexity index is 306. The van der Waals surface area contributed by atoms with Gasteiger partial charge in [0, 0.05) is 0 Å². The van der Waals surface area contributed by atoms with E-state index in [4.69, 9.17) is 5.11 Å². The second-order valence-electron chi connectivity index (χ2n) is 3.37. The third-order valence-electron chi connectivity index (χ3n) is 2.19. The fourth-order valence-electron chi connectivity index (χ4n) is 1.29. The van der Waals surface area contributed by atoms with Crippen molar-refractivity contribution in [2.24, 2.45) is 0 Å². The van der Waals surface area contributed by atoms with Crippen LogP contribution in [0.3, 0.4) is 0 Å². The Morgan fingerprint density at radius 1 is 1.27 bits per heavy atom. The van der Waals surface area contributed by atoms with E-state index < -0.39 is 5.97 Å². The largest absolute Gasteiger partial charge is 0.481 e. The topological polar surface area (TPSA) is 37.3 Å². The number of aryl methyl sites for hydroxylation is 2. The van der Waals surface area contributed by atoms with Crippen LogP contribution in [0, 0.1) is 0 Å². The van der Waals surface area contributed by atoms with Gasteiger partial charge < -0.3 is 5.11 Å². The van der Waals surface area contributed by atoms with Crippen LogP contribution in [-0.4, -0.2) is 22.6 Å². The number of aliphatic carboxylic acids is 1. The Labute approximate surface area is 94.7 Å². The van der Waals surface area contributed by atoms with E-state index in [0.29, 0.717) is 0 Å². The number of benzene rings is 1. The molecule has 0 spiro atoms. The number of hydrogen-bond donors (Lipinski definition) is 1. The minimum atomic E-state index is -0.735. The van der Waals surface area contributed by atoms with Crippen LogP contribution in [0.15, 0.2) is 24.3 Å². The number of rotatable bonds is 6. The maximum Gasteiger partial charge on any atom is 0.313 e. The van der Waals surface area contributed by atoms with Gasteiger partial charge in [-0.2, -0.15) is 0 Å². The Hall–Kier alpha value is -0.960. The zero-order valence-corrected chi connectivity index (χ0v) is 9.72. The lowest BCUT2D eigenvalue weighted by molar-refractivity contribution is -0.133. The SMILES string of the molecule is CCc1ccc(CCSCC(=O)O)cc1. The van der Waals surface area contributed by atoms with Crippen LogP contribution in [0.5, 0.6) is 0 Å². The molecule has 82 valence electrons. The molecule has 3 heteroatoms. The Kier molecular flexibility index (Phi) is 5.26. The Balaban J connectivity index is 2.28. The van der Waals surface area contributed by atoms with Gasteiger partial charge in [-0.15, -0.1) is 11.8 Å². The first-order valence-electron chi connectivity index (χ1n) is 5.09. The highest BCUT2D eigenvalue weighted by Gasteiger charge is 1.98. The van der Waals surface area contributed by atoms with Crippen LogP contribution in [0.1, 0.15) is 18.1 Å². The van der Waals surface area contributed by atoms with Crippen LogP contribution < -0.4 is 0 Å². The van der Waals surface area contributed by atoms with Gasteiger partial charge in [-0.05, 0) is 29.7 Å². The quantitative estimate of drug-likeness (QED) is 0.755. The van der Waals surface area contributed by atoms with Gasteiger partial charge in [0.15, 0.2) is 0 Å². The number of carboxylic acids is 1. The molecule has 0 atom stereocenters. The van der Waals surface area contributed by atoms with E-state index in [9.17, 15) is 4.79 Å². The molecule has 0 aliphatic rings. The van der Waals surface area contributed by atoms with Crippen molar-refractivity contribution >= 4 is 17.7 Å². The summed E-state index contributed by atoms with van der Waals surface area (Å²) in [5, 5.41) is 8.46. The van der Waals surface area contributed by atoms with Gasteiger partial charge in [0.05, 0.1) is 5.75 Å². The lowest BCUT2D eigenvalue weighted by Gasteiger charge is -2.02. The average Bonchev–Trinajstić information content (AvgIpc) is 2.25. The van der Waals surface area contributed by atoms with Gasteiger partial charge in [0.1, 0.15) is 0 Å². The first kappa shape index (κ1) is 12.1. The molecule has 0 amide bonds. The summed E-state index contributed by atoms with van der Waals surface area (Å²) in [5.41, 5.74) is 2.63. The molecule has 1 aromatic rings. The molecular formula is C12H16O2S. The van der Waals surface area contributed by atoms with E-state index in [1.807, 2.05) is 0 Å². The fraction of sp³-hybridized carbons (Fsp3) is 0.417. The van der Waals surface area contributed by atoms with Crippen molar-refractivity contribution in [3.05, 3.63) is 35.4 Å². The molecule has 0 fully saturated rings. The van der Waals surface area contributed by atoms with Crippen molar-refractivity contribution in [1.29, 1.82) is 0 Å². The van der Waals surface area contributed by atoms with Crippen LogP contribution in [0.4, 0.5) is 0 Å². The van der Waals surface area contributed by atoms with Crippen molar-refractivity contribution in [1.82, 2.24) is 0 Å². The smallest absolute Gasteiger partial charge is 0.313 e. The van der Waals surface area contributed by atoms with Crippen LogP contribution in [0.2, 0.25) is 0 Å². The molecule has 0 aliphatic heterocycles. The number of hydrogen-bond acceptors (Lipinski definition) is 2. The van der Waals surface area contributed by atoms with E-state index in [2.05, 4.69) is 31.2 Å². The van der Waals surface area contributed by atoms with E-state index in [1.165, 1.54) is 22.9 Å². The molecule has 1 aromatic carbocycles. The van der Waals surface area contributed by atoms with Gasteiger partial charge in [0.2, 0.25) is 0 Å². The highest BCUT2D eigenvalue weighted by Crippen LogP contribution is 2.09. The zero-order valence-electron chi connectivity index (χ0n) is 8.90. The number of carboxylic acid groups (broad SMARTS) is 1. The minimum absolute atomic E-state index is 0.201. The summed E-state index contributed by atoms with van der Waals surface area (Å²) in [6.07, 6.45) is 2.01. The number of thioether (sulfide) groups is 1. The molecule has 1 N–H and O–H groups in total. The van der Waals surface area contributed by atoms with E-state index in [0.717, 1.165) is 18.6 Å². The van der Waals surface area contributed by atoms with Crippen LogP contribution in [0.25, 0.3) is 0 Å². The summed E-state index contributed by atoms with van der Waals surface area (Å²) < 4.78 is 0. The maximum absolute atomic E-state index is 10.3. The summed E-state index contributed by atoms with van der Waals surface area (Å²) in [6.45, 7) is 2.14. The Morgan fingerprint density at radius 2 is 1.87 bits per heavy atom. The second-order valence-corrected chi connectivity index (χ2v) is 4.47. The summed E-state index contributed by atoms with van der Waals surface area (Å²) in [5.74, 6) is 0.339. The van der Waals surface area contributed by atoms with Gasteiger partial charge in [-0.25, -0.2) is 0 Å². The summed E-state index contributed by atoms with van der Waals surface area (Å²) in [7, 11) is 0. The van der Waals surface area contributed by atoms with Crippen molar-refractivity contribution < 1.29 is 9.90 Å². The van der Waals surface area contributed by atoms with Crippen molar-refractivity contribution in [2.45, 2.75) is 19.8 Å². The molecule has 1 rings (SSSR count). The van der Waals surface area contributed by atoms with Gasteiger partial charge >= 0.3 is 5.97 Å². The standard InChI is InChI=1S/C12H16O2S/c1-2-10-3-5-11(6-4-10)7-8-15-9-12(13)14/h3-6H,2,7-9H2,1H3,(H,13,14). The van der Waals surface area contributed by atoms with Crippen molar-refractivity contribution in [2.75, 3.05) is 11.5 Å². The minimum Gasteiger partial charge on any atom is -0.481 e. The molecule has 15 heavy (non-hydrogen) atoms. The molecular weight excluding hydrogens is 208 g/mol. The molecule has 2 nitrogen and oxygen atoms in total. The zero-order chi connectivity index (χ0) is 11.1. The molecule has 0 bridgehead atoms. The van der Waals surface area contributed by atoms with Gasteiger partial charge in [-0.1, -0.05) is 31.2 Å². The highest BCUT2D eigenvalue weighted by atomic mass is 32.2. The molecule has 0 radical (unpaired) electrons. The van der Waals surface area contributed by atoms with Gasteiger partial charge in [0.25, 0.3) is 0 Å². The highest BCUT2D eigenvalue weighted by molar-refractivity contribution is 7.99. The lowest BCUT2D eigenvalue weighted by atomic mass is 10.1. The van der Waals surface area contributed by atoms with E-state index >= 15 is 0 Å². The average molecular weight is 224 g/mol. The summed E-state index contributed by atoms with van der Waals surface area (Å²) in [4.78, 5) is 10.3. The lowest BCUT2D eigenvalue weighted by Crippen LogP contribution is -2.00. The van der Waals surface area contributed by atoms with Crippen LogP contribution in [-0.2, 0) is 17.6 Å². The molecule has 0 unspecified atom stereocenters. The van der Waals surface area contributed by atoms with Crippen molar-refractivity contribution in [3.8, 4) is 0 Å². The van der Waals surface area contributed by atoms with Gasteiger partial charge in [-0.3, -0.25) is 4.79 Å². The first-order valence-corrected chi connectivity index (χ1v) is 6.25. The molecule has 0 aliphatic carbocycles. The van der Waals surface area contributed by atoms with Crippen LogP contribution >= 0.6 is 11.8 Å². The maximum atomic E-state index is 10.3. The summed E-state index contributed by atoms with van der Waals surface area (Å²) in [6, 6.07) is 8.52. The number of carbonyl (C=O) groups is 1. The predicted octanol–water partition coefficient (Wildman–Crippen LogP) is 2.61. The summed E-state index contributed by atoms with van der Waals surface area (Å²) >= 11 is 1.47. The third kappa shape index (κ3) is 4.88. The molecule has 0 saturated carbocycles. The molecule has 0 aromatic heterocycles. The monoisotopic (exact) mass is 224 g/mol. The Morgan fingerprint density at radius 3 is 2.40 bits per heavy atom. The normalized spacial score (nSPS) is 10.2. The second kappa shape index (κ2) is 6.51. The predicted molar refractivity (Wildman–Crippen MR) is 64.5 cm³/mol. The fourth-order valence-corrected chi connectivity index (χ4v) is 1.99. The molecule has 0 heterocycles. The first-order chi connectivity index (χ1) is 7.22. The third-order valence-corrected chi connectivity index (χ3v) is 3.14.